The summed E-state index contributed by atoms with van der Waals surface area (Å²) in [6, 6.07) is 24.7. The number of benzene rings is 3. The molecule has 39 heavy (non-hydrogen) atoms. The highest BCUT2D eigenvalue weighted by molar-refractivity contribution is 7.98. The van der Waals surface area contributed by atoms with Crippen molar-refractivity contribution in [2.75, 3.05) is 12.0 Å². The molecule has 1 atom stereocenters. The first-order valence-corrected chi connectivity index (χ1v) is 15.3. The third-order valence-electron chi connectivity index (χ3n) is 8.13. The van der Waals surface area contributed by atoms with Gasteiger partial charge in [-0.05, 0) is 97.4 Å². The summed E-state index contributed by atoms with van der Waals surface area (Å²) in [5, 5.41) is 12.5. The number of carbonyl (C=O) groups is 2. The SMILES string of the molecule is CSCC[C@H](NC(=O)c1ccc(CN(C2CC2)C2(Cc3ccccc3)CC2)cc1-c1ccccc1C)C(=O)O. The standard InChI is InChI=1S/C33H38N2O3S/c1-23-8-6-7-11-27(23)29-20-25(12-15-28(29)31(36)34-30(32(37)38)16-19-39-2)22-35(26-13-14-26)33(17-18-33)21-24-9-4-3-5-10-24/h3-12,15,20,26,30H,13-14,16-19,21-22H2,1-2H3,(H,34,36)(H,37,38)/t30-/m0/s1. The first-order chi connectivity index (χ1) is 18.9. The summed E-state index contributed by atoms with van der Waals surface area (Å²) in [6.07, 6.45) is 8.32. The molecule has 5 rings (SSSR count). The molecule has 0 bridgehead atoms. The number of nitrogens with zero attached hydrogens (tertiary/aromatic N) is 1. The molecular formula is C33H38N2O3S. The molecule has 6 heteroatoms. The molecule has 0 aliphatic heterocycles. The van der Waals surface area contributed by atoms with Crippen LogP contribution in [0.15, 0.2) is 72.8 Å². The van der Waals surface area contributed by atoms with Crippen molar-refractivity contribution in [1.82, 2.24) is 10.2 Å². The van der Waals surface area contributed by atoms with E-state index in [1.165, 1.54) is 36.8 Å². The maximum absolute atomic E-state index is 13.5. The van der Waals surface area contributed by atoms with Crippen molar-refractivity contribution in [3.05, 3.63) is 95.1 Å². The lowest BCUT2D eigenvalue weighted by atomic mass is 9.93. The van der Waals surface area contributed by atoms with E-state index in [-0.39, 0.29) is 11.4 Å². The molecular weight excluding hydrogens is 504 g/mol. The number of aliphatic carboxylic acids is 1. The van der Waals surface area contributed by atoms with Crippen LogP contribution in [0.4, 0.5) is 0 Å². The Kier molecular flexibility index (Phi) is 8.43. The van der Waals surface area contributed by atoms with Crippen molar-refractivity contribution in [3.63, 3.8) is 0 Å². The molecule has 3 aromatic carbocycles. The smallest absolute Gasteiger partial charge is 0.326 e. The van der Waals surface area contributed by atoms with Crippen molar-refractivity contribution < 1.29 is 14.7 Å². The van der Waals surface area contributed by atoms with Gasteiger partial charge >= 0.3 is 5.97 Å². The van der Waals surface area contributed by atoms with E-state index in [4.69, 9.17) is 0 Å². The quantitative estimate of drug-likeness (QED) is 0.264. The lowest BCUT2D eigenvalue weighted by Gasteiger charge is -2.33. The van der Waals surface area contributed by atoms with Crippen molar-refractivity contribution in [1.29, 1.82) is 0 Å². The minimum absolute atomic E-state index is 0.216. The number of hydrogen-bond acceptors (Lipinski definition) is 4. The van der Waals surface area contributed by atoms with Gasteiger partial charge in [0.1, 0.15) is 6.04 Å². The van der Waals surface area contributed by atoms with Crippen LogP contribution in [0.1, 0.15) is 59.2 Å². The lowest BCUT2D eigenvalue weighted by molar-refractivity contribution is -0.139. The lowest BCUT2D eigenvalue weighted by Crippen LogP contribution is -2.41. The van der Waals surface area contributed by atoms with Crippen LogP contribution in [0.2, 0.25) is 0 Å². The summed E-state index contributed by atoms with van der Waals surface area (Å²) < 4.78 is 0. The van der Waals surface area contributed by atoms with Gasteiger partial charge in [-0.3, -0.25) is 9.69 Å². The van der Waals surface area contributed by atoms with E-state index in [1.807, 2.05) is 30.5 Å². The molecule has 1 amide bonds. The Morgan fingerprint density at radius 2 is 1.72 bits per heavy atom. The summed E-state index contributed by atoms with van der Waals surface area (Å²) in [5.41, 5.74) is 6.27. The monoisotopic (exact) mass is 542 g/mol. The van der Waals surface area contributed by atoms with Crippen LogP contribution in [-0.2, 0) is 17.8 Å². The summed E-state index contributed by atoms with van der Waals surface area (Å²) in [4.78, 5) is 28.0. The number of nitrogens with one attached hydrogen (secondary N) is 1. The van der Waals surface area contributed by atoms with Crippen molar-refractivity contribution in [3.8, 4) is 11.1 Å². The van der Waals surface area contributed by atoms with Crippen LogP contribution < -0.4 is 5.32 Å². The van der Waals surface area contributed by atoms with Crippen molar-refractivity contribution >= 4 is 23.6 Å². The van der Waals surface area contributed by atoms with Gasteiger partial charge in [-0.15, -0.1) is 0 Å². The maximum atomic E-state index is 13.5. The van der Waals surface area contributed by atoms with E-state index in [0.29, 0.717) is 23.8 Å². The van der Waals surface area contributed by atoms with Gasteiger partial charge in [0.05, 0.1) is 0 Å². The highest BCUT2D eigenvalue weighted by Crippen LogP contribution is 2.50. The normalized spacial score (nSPS) is 16.6. The highest BCUT2D eigenvalue weighted by atomic mass is 32.2. The van der Waals surface area contributed by atoms with E-state index < -0.39 is 12.0 Å². The topological polar surface area (TPSA) is 69.6 Å². The predicted octanol–water partition coefficient (Wildman–Crippen LogP) is 6.34. The molecule has 0 spiro atoms. The van der Waals surface area contributed by atoms with Crippen LogP contribution in [0, 0.1) is 6.92 Å². The Bertz CT molecular complexity index is 1320. The van der Waals surface area contributed by atoms with Crippen LogP contribution in [0.5, 0.6) is 0 Å². The minimum Gasteiger partial charge on any atom is -0.480 e. The maximum Gasteiger partial charge on any atom is 0.326 e. The number of rotatable bonds is 13. The Labute approximate surface area is 236 Å². The minimum atomic E-state index is -1.00. The molecule has 2 fully saturated rings. The van der Waals surface area contributed by atoms with E-state index in [2.05, 4.69) is 65.7 Å². The van der Waals surface area contributed by atoms with Gasteiger partial charge in [0.15, 0.2) is 0 Å². The van der Waals surface area contributed by atoms with Crippen LogP contribution >= 0.6 is 11.8 Å². The Morgan fingerprint density at radius 1 is 1.00 bits per heavy atom. The number of thioether (sulfide) groups is 1. The average molecular weight is 543 g/mol. The van der Waals surface area contributed by atoms with Crippen LogP contribution in [-0.4, -0.2) is 51.5 Å². The largest absolute Gasteiger partial charge is 0.480 e. The fourth-order valence-electron chi connectivity index (χ4n) is 5.67. The Hall–Kier alpha value is -3.09. The number of carbonyl (C=O) groups excluding carboxylic acids is 1. The van der Waals surface area contributed by atoms with Gasteiger partial charge in [-0.1, -0.05) is 60.7 Å². The molecule has 204 valence electrons. The zero-order chi connectivity index (χ0) is 27.4. The fraction of sp³-hybridized carbons (Fsp3) is 0.394. The molecule has 5 nitrogen and oxygen atoms in total. The number of aryl methyl sites for hydroxylation is 1. The summed E-state index contributed by atoms with van der Waals surface area (Å²) in [6.45, 7) is 2.90. The summed E-state index contributed by atoms with van der Waals surface area (Å²) in [5.74, 6) is -0.669. The van der Waals surface area contributed by atoms with Gasteiger partial charge in [0, 0.05) is 23.7 Å². The molecule has 0 saturated heterocycles. The molecule has 0 unspecified atom stereocenters. The third kappa shape index (κ3) is 6.56. The van der Waals surface area contributed by atoms with Crippen molar-refractivity contribution in [2.45, 2.75) is 69.6 Å². The molecule has 2 saturated carbocycles. The van der Waals surface area contributed by atoms with Crippen LogP contribution in [0.3, 0.4) is 0 Å². The van der Waals surface area contributed by atoms with Crippen LogP contribution in [0.25, 0.3) is 11.1 Å². The molecule has 0 aromatic heterocycles. The molecule has 2 aliphatic carbocycles. The molecule has 0 radical (unpaired) electrons. The number of carboxylic acids is 1. The number of hydrogen-bond donors (Lipinski definition) is 2. The zero-order valence-electron chi connectivity index (χ0n) is 22.9. The second-order valence-corrected chi connectivity index (χ2v) is 12.1. The number of amides is 1. The summed E-state index contributed by atoms with van der Waals surface area (Å²) in [7, 11) is 0. The third-order valence-corrected chi connectivity index (χ3v) is 8.77. The fourth-order valence-corrected chi connectivity index (χ4v) is 6.14. The first kappa shape index (κ1) is 27.5. The van der Waals surface area contributed by atoms with Gasteiger partial charge in [0.25, 0.3) is 5.91 Å². The first-order valence-electron chi connectivity index (χ1n) is 13.9. The van der Waals surface area contributed by atoms with E-state index in [9.17, 15) is 14.7 Å². The van der Waals surface area contributed by atoms with E-state index in [1.54, 1.807) is 11.8 Å². The van der Waals surface area contributed by atoms with Gasteiger partial charge in [-0.2, -0.15) is 11.8 Å². The van der Waals surface area contributed by atoms with E-state index in [0.717, 1.165) is 29.7 Å². The molecule has 0 heterocycles. The Balaban J connectivity index is 1.44. The molecule has 2 N–H and O–H groups in total. The summed E-state index contributed by atoms with van der Waals surface area (Å²) >= 11 is 1.58. The average Bonchev–Trinajstić information content (AvgIpc) is 3.87. The van der Waals surface area contributed by atoms with Gasteiger partial charge in [0.2, 0.25) is 0 Å². The second kappa shape index (κ2) is 12.0. The number of carboxylic acid groups (broad SMARTS) is 1. The second-order valence-electron chi connectivity index (χ2n) is 11.1. The van der Waals surface area contributed by atoms with E-state index >= 15 is 0 Å². The highest BCUT2D eigenvalue weighted by Gasteiger charge is 2.52. The van der Waals surface area contributed by atoms with Gasteiger partial charge in [-0.25, -0.2) is 4.79 Å². The molecule has 3 aromatic rings. The van der Waals surface area contributed by atoms with Crippen molar-refractivity contribution in [2.24, 2.45) is 0 Å². The molecule has 2 aliphatic rings. The zero-order valence-corrected chi connectivity index (χ0v) is 23.7. The predicted molar refractivity (Wildman–Crippen MR) is 159 cm³/mol. The van der Waals surface area contributed by atoms with Gasteiger partial charge < -0.3 is 10.4 Å². The Morgan fingerprint density at radius 3 is 2.36 bits per heavy atom.